The predicted molar refractivity (Wildman–Crippen MR) is 120 cm³/mol. The summed E-state index contributed by atoms with van der Waals surface area (Å²) in [5, 5.41) is 5.72. The lowest BCUT2D eigenvalue weighted by Crippen LogP contribution is -2.13. The summed E-state index contributed by atoms with van der Waals surface area (Å²) >= 11 is 8.73. The van der Waals surface area contributed by atoms with Crippen LogP contribution in [-0.2, 0) is 16.0 Å². The van der Waals surface area contributed by atoms with Gasteiger partial charge in [-0.25, -0.2) is 9.97 Å². The lowest BCUT2D eigenvalue weighted by atomic mass is 10.1. The number of amides is 1. The molecule has 1 amide bonds. The number of pyridine rings is 1. The molecule has 152 valence electrons. The van der Waals surface area contributed by atoms with Gasteiger partial charge in [-0.2, -0.15) is 0 Å². The Labute approximate surface area is 185 Å². The number of anilines is 1. The van der Waals surface area contributed by atoms with Crippen LogP contribution in [0.2, 0.25) is 4.34 Å². The molecule has 0 fully saturated rings. The second kappa shape index (κ2) is 8.91. The number of thiophene rings is 1. The molecule has 4 rings (SSSR count). The maximum atomic E-state index is 13.1. The fraction of sp³-hybridized carbons (Fsp3) is 0.143. The number of fused-ring (bicyclic) bond motifs is 1. The van der Waals surface area contributed by atoms with Crippen LogP contribution in [0.25, 0.3) is 21.5 Å². The summed E-state index contributed by atoms with van der Waals surface area (Å²) in [5.74, 6) is -0.644. The van der Waals surface area contributed by atoms with E-state index in [-0.39, 0.29) is 18.3 Å². The first-order valence-corrected chi connectivity index (χ1v) is 11.2. The number of aromatic nitrogens is 2. The molecule has 30 heavy (non-hydrogen) atoms. The Morgan fingerprint density at radius 1 is 1.17 bits per heavy atom. The number of benzene rings is 1. The van der Waals surface area contributed by atoms with E-state index in [1.54, 1.807) is 24.4 Å². The predicted octanol–water partition coefficient (Wildman–Crippen LogP) is 5.43. The zero-order chi connectivity index (χ0) is 21.1. The second-order valence-corrected chi connectivity index (χ2v) is 8.83. The molecule has 0 saturated heterocycles. The first kappa shape index (κ1) is 20.5. The van der Waals surface area contributed by atoms with Gasteiger partial charge in [-0.1, -0.05) is 29.8 Å². The van der Waals surface area contributed by atoms with Gasteiger partial charge in [0.15, 0.2) is 5.13 Å². The monoisotopic (exact) mass is 457 g/mol. The maximum Gasteiger partial charge on any atom is 0.311 e. The first-order chi connectivity index (χ1) is 14.5. The van der Waals surface area contributed by atoms with Crippen LogP contribution in [0.1, 0.15) is 23.0 Å². The van der Waals surface area contributed by atoms with Gasteiger partial charge in [0.25, 0.3) is 5.91 Å². The molecule has 0 unspecified atom stereocenters. The highest BCUT2D eigenvalue weighted by Crippen LogP contribution is 2.32. The van der Waals surface area contributed by atoms with Gasteiger partial charge in [-0.15, -0.1) is 22.7 Å². The van der Waals surface area contributed by atoms with Crippen molar-refractivity contribution in [2.45, 2.75) is 13.3 Å². The molecule has 0 bridgehead atoms. The molecule has 3 aromatic heterocycles. The Bertz CT molecular complexity index is 1240. The molecule has 4 aromatic rings. The molecule has 0 radical (unpaired) electrons. The van der Waals surface area contributed by atoms with E-state index in [1.807, 2.05) is 30.3 Å². The number of hydrogen-bond donors (Lipinski definition) is 1. The van der Waals surface area contributed by atoms with Crippen molar-refractivity contribution in [3.05, 3.63) is 63.4 Å². The smallest absolute Gasteiger partial charge is 0.311 e. The Morgan fingerprint density at radius 3 is 2.77 bits per heavy atom. The highest BCUT2D eigenvalue weighted by Gasteiger charge is 2.17. The van der Waals surface area contributed by atoms with Crippen molar-refractivity contribution in [2.75, 3.05) is 11.9 Å². The SMILES string of the molecule is CCOC(=O)Cc1csc(NC(=O)c2cc(-c3ccc(Cl)s3)nc3ccccc23)n1. The number of halogens is 1. The Kier molecular flexibility index (Phi) is 6.08. The number of carbonyl (C=O) groups excluding carboxylic acids is 2. The van der Waals surface area contributed by atoms with Crippen LogP contribution in [-0.4, -0.2) is 28.5 Å². The van der Waals surface area contributed by atoms with E-state index in [1.165, 1.54) is 22.7 Å². The van der Waals surface area contributed by atoms with Crippen molar-refractivity contribution in [2.24, 2.45) is 0 Å². The van der Waals surface area contributed by atoms with E-state index in [9.17, 15) is 9.59 Å². The first-order valence-electron chi connectivity index (χ1n) is 9.10. The Hall–Kier alpha value is -2.81. The van der Waals surface area contributed by atoms with Gasteiger partial charge in [0, 0.05) is 10.8 Å². The molecule has 1 N–H and O–H groups in total. The van der Waals surface area contributed by atoms with Gasteiger partial charge in [-0.3, -0.25) is 14.9 Å². The highest BCUT2D eigenvalue weighted by atomic mass is 35.5. The van der Waals surface area contributed by atoms with Crippen LogP contribution in [0.4, 0.5) is 5.13 Å². The number of para-hydroxylation sites is 1. The Morgan fingerprint density at radius 2 is 2.00 bits per heavy atom. The largest absolute Gasteiger partial charge is 0.466 e. The second-order valence-electron chi connectivity index (χ2n) is 6.26. The van der Waals surface area contributed by atoms with E-state index >= 15 is 0 Å². The van der Waals surface area contributed by atoms with Crippen molar-refractivity contribution in [3.8, 4) is 10.6 Å². The summed E-state index contributed by atoms with van der Waals surface area (Å²) in [6, 6.07) is 12.9. The van der Waals surface area contributed by atoms with Gasteiger partial charge in [0.1, 0.15) is 0 Å². The fourth-order valence-electron chi connectivity index (χ4n) is 2.91. The van der Waals surface area contributed by atoms with Crippen LogP contribution in [0, 0.1) is 0 Å². The van der Waals surface area contributed by atoms with Crippen LogP contribution in [0.15, 0.2) is 47.8 Å². The summed E-state index contributed by atoms with van der Waals surface area (Å²) in [6.07, 6.45) is 0.0711. The van der Waals surface area contributed by atoms with Crippen LogP contribution in [0.5, 0.6) is 0 Å². The average molecular weight is 458 g/mol. The van der Waals surface area contributed by atoms with E-state index in [0.29, 0.717) is 38.5 Å². The number of hydrogen-bond acceptors (Lipinski definition) is 7. The van der Waals surface area contributed by atoms with Crippen molar-refractivity contribution in [1.82, 2.24) is 9.97 Å². The van der Waals surface area contributed by atoms with Crippen LogP contribution in [0.3, 0.4) is 0 Å². The molecular weight excluding hydrogens is 442 g/mol. The third kappa shape index (κ3) is 4.51. The molecule has 0 atom stereocenters. The summed E-state index contributed by atoms with van der Waals surface area (Å²) in [7, 11) is 0. The normalized spacial score (nSPS) is 10.9. The van der Waals surface area contributed by atoms with E-state index in [2.05, 4.69) is 15.3 Å². The van der Waals surface area contributed by atoms with Gasteiger partial charge in [-0.05, 0) is 31.2 Å². The number of ether oxygens (including phenoxy) is 1. The van der Waals surface area contributed by atoms with Gasteiger partial charge >= 0.3 is 5.97 Å². The van der Waals surface area contributed by atoms with Crippen LogP contribution >= 0.6 is 34.3 Å². The summed E-state index contributed by atoms with van der Waals surface area (Å²) in [4.78, 5) is 34.6. The Balaban J connectivity index is 1.63. The number of nitrogens with zero attached hydrogens (tertiary/aromatic N) is 2. The highest BCUT2D eigenvalue weighted by molar-refractivity contribution is 7.19. The summed E-state index contributed by atoms with van der Waals surface area (Å²) in [5.41, 5.74) is 2.44. The van der Waals surface area contributed by atoms with Gasteiger partial charge in [0.05, 0.1) is 44.7 Å². The van der Waals surface area contributed by atoms with Crippen molar-refractivity contribution < 1.29 is 14.3 Å². The summed E-state index contributed by atoms with van der Waals surface area (Å²) in [6.45, 7) is 2.07. The van der Waals surface area contributed by atoms with Crippen LogP contribution < -0.4 is 5.32 Å². The van der Waals surface area contributed by atoms with Gasteiger partial charge < -0.3 is 4.74 Å². The third-order valence-electron chi connectivity index (χ3n) is 4.19. The van der Waals surface area contributed by atoms with Gasteiger partial charge in [0.2, 0.25) is 0 Å². The van der Waals surface area contributed by atoms with Crippen molar-refractivity contribution >= 4 is 62.2 Å². The molecule has 6 nitrogen and oxygen atoms in total. The average Bonchev–Trinajstić information content (AvgIpc) is 3.36. The number of thiazole rings is 1. The minimum absolute atomic E-state index is 0.0711. The molecular formula is C21H16ClN3O3S2. The van der Waals surface area contributed by atoms with E-state index in [0.717, 1.165) is 10.3 Å². The van der Waals surface area contributed by atoms with Crippen molar-refractivity contribution in [3.63, 3.8) is 0 Å². The third-order valence-corrected chi connectivity index (χ3v) is 6.25. The minimum Gasteiger partial charge on any atom is -0.466 e. The quantitative estimate of drug-likeness (QED) is 0.390. The number of nitrogens with one attached hydrogen (secondary N) is 1. The fourth-order valence-corrected chi connectivity index (χ4v) is 4.62. The molecule has 0 aliphatic rings. The minimum atomic E-state index is -0.347. The number of rotatable bonds is 6. The molecule has 1 aromatic carbocycles. The molecule has 0 aliphatic heterocycles. The standard InChI is InChI=1S/C21H16ClN3O3S2/c1-2-28-19(26)9-12-11-29-21(23-12)25-20(27)14-10-16(17-7-8-18(22)30-17)24-15-6-4-3-5-13(14)15/h3-8,10-11H,2,9H2,1H3,(H,23,25,27). The molecule has 0 spiro atoms. The summed E-state index contributed by atoms with van der Waals surface area (Å²) < 4.78 is 5.59. The molecule has 9 heteroatoms. The lowest BCUT2D eigenvalue weighted by Gasteiger charge is -2.08. The lowest BCUT2D eigenvalue weighted by molar-refractivity contribution is -0.142. The topological polar surface area (TPSA) is 81.2 Å². The van der Waals surface area contributed by atoms with E-state index < -0.39 is 0 Å². The zero-order valence-electron chi connectivity index (χ0n) is 15.8. The molecule has 0 saturated carbocycles. The zero-order valence-corrected chi connectivity index (χ0v) is 18.2. The van der Waals surface area contributed by atoms with E-state index in [4.69, 9.17) is 16.3 Å². The maximum absolute atomic E-state index is 13.1. The number of carbonyl (C=O) groups is 2. The van der Waals surface area contributed by atoms with Crippen molar-refractivity contribution in [1.29, 1.82) is 0 Å². The molecule has 0 aliphatic carbocycles. The number of esters is 1. The molecule has 3 heterocycles.